The highest BCUT2D eigenvalue weighted by atomic mass is 35.5. The number of thioether (sulfide) groups is 1. The van der Waals surface area contributed by atoms with Gasteiger partial charge in [0.1, 0.15) is 47.8 Å². The summed E-state index contributed by atoms with van der Waals surface area (Å²) in [4.78, 5) is 191. The van der Waals surface area contributed by atoms with Crippen LogP contribution in [0.3, 0.4) is 0 Å². The van der Waals surface area contributed by atoms with Gasteiger partial charge in [0.05, 0.1) is 42.5 Å². The van der Waals surface area contributed by atoms with Crippen molar-refractivity contribution in [1.82, 2.24) is 60.0 Å². The van der Waals surface area contributed by atoms with Crippen molar-refractivity contribution in [3.63, 3.8) is 0 Å². The molecule has 6 fully saturated rings. The van der Waals surface area contributed by atoms with E-state index >= 15 is 28.8 Å². The van der Waals surface area contributed by atoms with E-state index in [1.807, 2.05) is 20.8 Å². The minimum absolute atomic E-state index is 0.0179. The maximum absolute atomic E-state index is 15.8. The number of carbonyl (C=O) groups is 12. The molecule has 3 aliphatic carbocycles. The zero-order valence-corrected chi connectivity index (χ0v) is 62.7. The number of nitrogens with zero attached hydrogens (tertiary/aromatic N) is 9. The third-order valence-electron chi connectivity index (χ3n) is 22.0. The highest BCUT2D eigenvalue weighted by Crippen LogP contribution is 2.39. The van der Waals surface area contributed by atoms with Crippen molar-refractivity contribution in [3.05, 3.63) is 34.3 Å². The topological polar surface area (TPSA) is 270 Å². The standard InChI is InChI=1S/C72H110ClF3N12O12S/c1-12-46(4)61-68(98)82(7)41-59(91)80(5)42-60(92)84(9)54(38-47-24-16-13-17-25-47)66(96)81(6)40-57(89)77-52(31-29-48-28-30-50(51(73)37-48)72(74,75)76)65(95)88-44-101-43-56(88)64(94)79-71(32-20-21-33-71)70(100)86(11)62(49-26-18-14-19-27-49)69(99)85(10)55(67(97)87-34-22-15-23-35-87)39-58(90)83(8)53(36-45(2)3)63(93)78-61/h28,30,37,45-47,49,52-56,61-62H,12-27,29,31-36,38-44H2,1-11H3,(H,77,89)(H,78,93)(H,79,94)/t46-,52-,53-,54-,55-,56-,61-,62-/m0/s1. The summed E-state index contributed by atoms with van der Waals surface area (Å²) in [5.74, 6) is -8.73. The second kappa shape index (κ2) is 36.6. The Hall–Kier alpha value is -6.71. The Morgan fingerprint density at radius 1 is 0.653 bits per heavy atom. The van der Waals surface area contributed by atoms with E-state index in [1.165, 1.54) is 91.7 Å². The molecule has 6 aliphatic rings. The number of carbonyl (C=O) groups excluding carboxylic acids is 12. The zero-order valence-electron chi connectivity index (χ0n) is 61.1. The first-order chi connectivity index (χ1) is 47.7. The molecular formula is C72H110ClF3N12O12S. The molecule has 0 bridgehead atoms. The molecule has 0 aromatic heterocycles. The Labute approximate surface area is 603 Å². The molecule has 24 nitrogen and oxygen atoms in total. The first-order valence-corrected chi connectivity index (χ1v) is 38.0. The van der Waals surface area contributed by atoms with Crippen LogP contribution in [-0.4, -0.2) is 257 Å². The smallest absolute Gasteiger partial charge is 0.343 e. The predicted octanol–water partition coefficient (Wildman–Crippen LogP) is 6.33. The van der Waals surface area contributed by atoms with Crippen LogP contribution >= 0.6 is 23.4 Å². The van der Waals surface area contributed by atoms with Gasteiger partial charge in [0.15, 0.2) is 0 Å². The van der Waals surface area contributed by atoms with Gasteiger partial charge in [-0.05, 0) is 112 Å². The Balaban J connectivity index is 1.29. The van der Waals surface area contributed by atoms with Gasteiger partial charge < -0.3 is 60.0 Å². The fourth-order valence-electron chi connectivity index (χ4n) is 15.4. The Bertz CT molecular complexity index is 3140. The van der Waals surface area contributed by atoms with E-state index in [0.29, 0.717) is 63.6 Å². The second-order valence-corrected chi connectivity index (χ2v) is 31.2. The van der Waals surface area contributed by atoms with E-state index in [2.05, 4.69) is 16.0 Å². The Kier molecular flexibility index (Phi) is 29.6. The maximum Gasteiger partial charge on any atom is 0.417 e. The maximum atomic E-state index is 15.8. The van der Waals surface area contributed by atoms with Gasteiger partial charge >= 0.3 is 6.18 Å². The quantitative estimate of drug-likeness (QED) is 0.219. The monoisotopic (exact) mass is 1460 g/mol. The third kappa shape index (κ3) is 20.8. The normalized spacial score (nSPS) is 26.8. The zero-order chi connectivity index (χ0) is 74.4. The summed E-state index contributed by atoms with van der Waals surface area (Å²) in [6.45, 7) is 6.42. The lowest BCUT2D eigenvalue weighted by Crippen LogP contribution is -2.65. The number of likely N-dealkylation sites (N-methyl/N-ethyl adjacent to an activating group) is 7. The van der Waals surface area contributed by atoms with Crippen LogP contribution in [0.4, 0.5) is 13.2 Å². The number of nitrogens with one attached hydrogen (secondary N) is 3. The van der Waals surface area contributed by atoms with Gasteiger partial charge in [-0.25, -0.2) is 0 Å². The first kappa shape index (κ1) is 81.6. The van der Waals surface area contributed by atoms with Gasteiger partial charge in [0, 0.05) is 68.2 Å². The predicted molar refractivity (Wildman–Crippen MR) is 377 cm³/mol. The Morgan fingerprint density at radius 2 is 1.25 bits per heavy atom. The van der Waals surface area contributed by atoms with Gasteiger partial charge in [0.25, 0.3) is 0 Å². The molecule has 101 heavy (non-hydrogen) atoms. The summed E-state index contributed by atoms with van der Waals surface area (Å²) >= 11 is 7.41. The summed E-state index contributed by atoms with van der Waals surface area (Å²) < 4.78 is 41.7. The summed E-state index contributed by atoms with van der Waals surface area (Å²) in [6, 6.07) is -5.59. The van der Waals surface area contributed by atoms with Crippen LogP contribution < -0.4 is 16.0 Å². The van der Waals surface area contributed by atoms with Crippen LogP contribution in [0.2, 0.25) is 5.02 Å². The third-order valence-corrected chi connectivity index (χ3v) is 23.3. The molecule has 564 valence electrons. The van der Waals surface area contributed by atoms with Crippen molar-refractivity contribution in [3.8, 4) is 0 Å². The molecule has 7 rings (SSSR count). The van der Waals surface area contributed by atoms with Crippen molar-refractivity contribution in [2.75, 3.05) is 93.7 Å². The number of rotatable bonds is 11. The number of fused-ring (bicyclic) bond motifs is 1. The molecule has 12 amide bonds. The number of aryl methyl sites for hydroxylation is 1. The number of alkyl halides is 3. The van der Waals surface area contributed by atoms with E-state index in [-0.39, 0.29) is 62.0 Å². The van der Waals surface area contributed by atoms with Crippen LogP contribution in [0.1, 0.15) is 180 Å². The average Bonchev–Trinajstić information content (AvgIpc) is 1.74. The van der Waals surface area contributed by atoms with Gasteiger partial charge in [-0.1, -0.05) is 116 Å². The first-order valence-electron chi connectivity index (χ1n) is 36.4. The van der Waals surface area contributed by atoms with E-state index < -0.39 is 173 Å². The van der Waals surface area contributed by atoms with Crippen molar-refractivity contribution in [2.24, 2.45) is 23.7 Å². The number of amides is 12. The molecule has 0 radical (unpaired) electrons. The molecule has 1 aromatic carbocycles. The number of benzene rings is 1. The molecule has 8 atom stereocenters. The molecule has 29 heteroatoms. The number of hydrogen-bond acceptors (Lipinski definition) is 13. The van der Waals surface area contributed by atoms with Crippen molar-refractivity contribution >= 4 is 94.2 Å². The highest BCUT2D eigenvalue weighted by Gasteiger charge is 2.52. The summed E-state index contributed by atoms with van der Waals surface area (Å²) in [6.07, 6.45) is 6.58. The molecule has 3 N–H and O–H groups in total. The van der Waals surface area contributed by atoms with Gasteiger partial charge in [0.2, 0.25) is 70.9 Å². The van der Waals surface area contributed by atoms with Gasteiger partial charge in [-0.2, -0.15) is 13.2 Å². The van der Waals surface area contributed by atoms with Crippen LogP contribution in [0.5, 0.6) is 0 Å². The van der Waals surface area contributed by atoms with E-state index in [9.17, 15) is 41.9 Å². The van der Waals surface area contributed by atoms with Crippen LogP contribution in [0.15, 0.2) is 18.2 Å². The van der Waals surface area contributed by atoms with Gasteiger partial charge in [-0.15, -0.1) is 11.8 Å². The second-order valence-electron chi connectivity index (χ2n) is 29.8. The SMILES string of the molecule is CC[C@H](C)[C@@H]1NC(=O)[C@H](CC(C)C)N(C)C(=O)C[C@@H](C(=O)N2CCCCC2)N(C)C(=O)[C@H](C2CCCCC2)N(C)C(=O)C2(CCCC2)NC(=O)[C@@H]2CSCN2C(=O)[C@H](CCc2ccc(C(F)(F)F)c(Cl)c2)NC(=O)CN(C)C(=O)[C@H](CC2CCCCC2)N(C)C(=O)CN(C)C(=O)CN(C)C1=O. The molecule has 3 saturated carbocycles. The van der Waals surface area contributed by atoms with Crippen LogP contribution in [0, 0.1) is 23.7 Å². The molecular weight excluding hydrogens is 1350 g/mol. The molecule has 3 aliphatic heterocycles. The molecule has 3 heterocycles. The van der Waals surface area contributed by atoms with E-state index in [0.717, 1.165) is 84.6 Å². The fourth-order valence-corrected chi connectivity index (χ4v) is 16.9. The number of halogens is 4. The lowest BCUT2D eigenvalue weighted by Gasteiger charge is -2.43. The number of likely N-dealkylation sites (tertiary alicyclic amines) is 1. The minimum Gasteiger partial charge on any atom is -0.343 e. The molecule has 0 unspecified atom stereocenters. The fraction of sp³-hybridized carbons (Fsp3) is 0.750. The summed E-state index contributed by atoms with van der Waals surface area (Å²) in [5, 5.41) is 8.17. The van der Waals surface area contributed by atoms with Crippen molar-refractivity contribution < 1.29 is 70.7 Å². The van der Waals surface area contributed by atoms with E-state index in [4.69, 9.17) is 11.6 Å². The largest absolute Gasteiger partial charge is 0.417 e. The summed E-state index contributed by atoms with van der Waals surface area (Å²) in [5.41, 5.74) is -2.35. The minimum atomic E-state index is -4.76. The molecule has 3 saturated heterocycles. The van der Waals surface area contributed by atoms with Crippen LogP contribution in [-0.2, 0) is 70.1 Å². The molecule has 1 aromatic rings. The molecule has 1 spiro atoms. The van der Waals surface area contributed by atoms with Crippen molar-refractivity contribution in [1.29, 1.82) is 0 Å². The Morgan fingerprint density at radius 3 is 1.85 bits per heavy atom. The van der Waals surface area contributed by atoms with Crippen LogP contribution in [0.25, 0.3) is 0 Å². The van der Waals surface area contributed by atoms with Crippen molar-refractivity contribution in [2.45, 2.75) is 229 Å². The lowest BCUT2D eigenvalue weighted by molar-refractivity contribution is -0.157. The van der Waals surface area contributed by atoms with Gasteiger partial charge in [-0.3, -0.25) is 57.5 Å². The average molecular weight is 1460 g/mol. The summed E-state index contributed by atoms with van der Waals surface area (Å²) in [7, 11) is 10.0. The number of piperidine rings is 1. The van der Waals surface area contributed by atoms with E-state index in [1.54, 1.807) is 11.8 Å². The highest BCUT2D eigenvalue weighted by molar-refractivity contribution is 7.99. The number of hydrogen-bond donors (Lipinski definition) is 3. The lowest BCUT2D eigenvalue weighted by atomic mass is 9.81.